The first-order valence-corrected chi connectivity index (χ1v) is 29.3. The zero-order chi connectivity index (χ0) is 55.2. The first kappa shape index (κ1) is 46.0. The Morgan fingerprint density at radius 1 is 0.357 bits per heavy atom. The molecule has 0 saturated carbocycles. The second-order valence-electron chi connectivity index (χ2n) is 23.8. The van der Waals surface area contributed by atoms with E-state index in [2.05, 4.69) is 301 Å². The monoisotopic (exact) mass is 1070 g/mol. The molecule has 0 amide bonds. The highest BCUT2D eigenvalue weighted by atomic mass is 16.3. The van der Waals surface area contributed by atoms with E-state index in [-0.39, 0.29) is 5.41 Å². The van der Waals surface area contributed by atoms with Gasteiger partial charge in [-0.3, -0.25) is 0 Å². The van der Waals surface area contributed by atoms with Gasteiger partial charge in [0.1, 0.15) is 11.2 Å². The van der Waals surface area contributed by atoms with E-state index >= 15 is 0 Å². The van der Waals surface area contributed by atoms with Crippen LogP contribution in [0.1, 0.15) is 47.2 Å². The highest BCUT2D eigenvalue weighted by Crippen LogP contribution is 2.66. The third-order valence-corrected chi connectivity index (χ3v) is 19.5. The Labute approximate surface area is 484 Å². The number of benzene rings is 13. The number of fused-ring (bicyclic) bond motifs is 19. The molecule has 1 aliphatic heterocycles. The van der Waals surface area contributed by atoms with Crippen LogP contribution in [-0.4, -0.2) is 9.13 Å². The second kappa shape index (κ2) is 16.5. The van der Waals surface area contributed by atoms with Crippen molar-refractivity contribution in [2.24, 2.45) is 0 Å². The minimum Gasteiger partial charge on any atom is -0.456 e. The number of hydrogen-bond donors (Lipinski definition) is 0. The largest absolute Gasteiger partial charge is 0.456 e. The van der Waals surface area contributed by atoms with E-state index in [1.807, 2.05) is 0 Å². The van der Waals surface area contributed by atoms with Gasteiger partial charge in [0, 0.05) is 60.5 Å². The quantitative estimate of drug-likeness (QED) is 0.172. The van der Waals surface area contributed by atoms with Crippen LogP contribution in [0.25, 0.3) is 121 Å². The number of hydrogen-bond acceptors (Lipinski definition) is 2. The molecule has 0 saturated heterocycles. The number of para-hydroxylation sites is 4. The summed E-state index contributed by atoms with van der Waals surface area (Å²) in [6, 6.07) is 102. The molecule has 0 radical (unpaired) electrons. The second-order valence-corrected chi connectivity index (χ2v) is 23.8. The van der Waals surface area contributed by atoms with Crippen molar-refractivity contribution in [3.05, 3.63) is 306 Å². The molecule has 13 aromatic carbocycles. The Kier molecular flexibility index (Phi) is 9.03. The predicted molar refractivity (Wildman–Crippen MR) is 348 cm³/mol. The number of anilines is 3. The van der Waals surface area contributed by atoms with Gasteiger partial charge in [-0.1, -0.05) is 208 Å². The van der Waals surface area contributed by atoms with Crippen molar-refractivity contribution in [3.8, 4) is 44.8 Å². The summed E-state index contributed by atoms with van der Waals surface area (Å²) in [4.78, 5) is 2.43. The molecule has 84 heavy (non-hydrogen) atoms. The van der Waals surface area contributed by atoms with Crippen molar-refractivity contribution in [1.29, 1.82) is 0 Å². The van der Waals surface area contributed by atoms with Gasteiger partial charge in [0.05, 0.1) is 44.2 Å². The van der Waals surface area contributed by atoms with Crippen molar-refractivity contribution in [2.75, 3.05) is 4.90 Å². The Bertz CT molecular complexity index is 5470. The van der Waals surface area contributed by atoms with E-state index in [0.717, 1.165) is 50.1 Å². The standard InChI is InChI=1S/C80H51N3O/c1-79(2)62-28-7-9-30-64(62)80(65-31-10-8-29-63(65)79)66-32-17-27-58-61-46-49(39-44-71(61)83-70-35-13-5-24-57(70)59-42-43-67(80)77(75(58)66)78(59)83)53-26-15-19-48-45-52(40-41-54(48)53)81(72-36-18-38-74-76(72)60-25-6-14-37-73(60)84-74)50-20-16-21-51(47-50)82-68-33-11-3-22-55(68)56-23-4-12-34-69(56)82/h3-47H,1-2H3. The van der Waals surface area contributed by atoms with Crippen LogP contribution in [0.4, 0.5) is 17.1 Å². The summed E-state index contributed by atoms with van der Waals surface area (Å²) < 4.78 is 11.6. The van der Waals surface area contributed by atoms with Crippen LogP contribution in [0.15, 0.2) is 277 Å². The molecule has 1 spiro atoms. The van der Waals surface area contributed by atoms with Gasteiger partial charge in [-0.2, -0.15) is 0 Å². The van der Waals surface area contributed by atoms with Crippen LogP contribution in [0.2, 0.25) is 0 Å². The molecule has 0 bridgehead atoms. The van der Waals surface area contributed by atoms with Crippen molar-refractivity contribution >= 4 is 93.4 Å². The summed E-state index contributed by atoms with van der Waals surface area (Å²) in [5.41, 5.74) is 27.1. The molecule has 16 aromatic rings. The summed E-state index contributed by atoms with van der Waals surface area (Å²) in [6.07, 6.45) is 0. The van der Waals surface area contributed by atoms with E-state index in [1.165, 1.54) is 121 Å². The molecule has 3 aromatic heterocycles. The normalized spacial score (nSPS) is 14.0. The lowest BCUT2D eigenvalue weighted by Crippen LogP contribution is -2.40. The van der Waals surface area contributed by atoms with Crippen LogP contribution < -0.4 is 4.90 Å². The smallest absolute Gasteiger partial charge is 0.137 e. The minimum absolute atomic E-state index is 0.184. The Balaban J connectivity index is 0.823. The van der Waals surface area contributed by atoms with E-state index in [1.54, 1.807) is 0 Å². The van der Waals surface area contributed by atoms with Crippen molar-refractivity contribution in [3.63, 3.8) is 0 Å². The molecule has 0 atom stereocenters. The lowest BCUT2D eigenvalue weighted by atomic mass is 9.55. The molecule has 2 aliphatic carbocycles. The van der Waals surface area contributed by atoms with Crippen LogP contribution in [-0.2, 0) is 10.8 Å². The van der Waals surface area contributed by atoms with Gasteiger partial charge in [-0.15, -0.1) is 0 Å². The first-order valence-electron chi connectivity index (χ1n) is 29.3. The fourth-order valence-corrected chi connectivity index (χ4v) is 16.1. The lowest BCUT2D eigenvalue weighted by molar-refractivity contribution is 0.563. The van der Waals surface area contributed by atoms with E-state index in [9.17, 15) is 0 Å². The summed E-state index contributed by atoms with van der Waals surface area (Å²) in [5.74, 6) is 0. The van der Waals surface area contributed by atoms with Crippen LogP contribution in [0, 0.1) is 0 Å². The molecule has 3 aliphatic rings. The fourth-order valence-electron chi connectivity index (χ4n) is 16.1. The molecule has 0 N–H and O–H groups in total. The molecule has 392 valence electrons. The van der Waals surface area contributed by atoms with Crippen LogP contribution >= 0.6 is 0 Å². The highest BCUT2D eigenvalue weighted by Gasteiger charge is 2.55. The maximum Gasteiger partial charge on any atom is 0.137 e. The predicted octanol–water partition coefficient (Wildman–Crippen LogP) is 21.1. The maximum atomic E-state index is 6.59. The van der Waals surface area contributed by atoms with Gasteiger partial charge in [0.25, 0.3) is 0 Å². The molecular weight excluding hydrogens is 1020 g/mol. The Hall–Kier alpha value is -10.7. The SMILES string of the molecule is CC1(C)c2ccccc2C2(c3ccccc31)c1cccc3c1-c1c2ccc2c4ccccc4n(c12)-c1ccc(-c2cccc4cc(N(c5cccc(-n6c7ccccc7c7ccccc76)c5)c5cccc6oc7ccccc7c56)ccc24)cc1-3. The Morgan fingerprint density at radius 3 is 1.69 bits per heavy atom. The zero-order valence-corrected chi connectivity index (χ0v) is 46.2. The van der Waals surface area contributed by atoms with Gasteiger partial charge in [-0.25, -0.2) is 0 Å². The minimum atomic E-state index is -0.516. The first-order chi connectivity index (χ1) is 41.4. The molecule has 19 rings (SSSR count). The summed E-state index contributed by atoms with van der Waals surface area (Å²) in [7, 11) is 0. The number of rotatable bonds is 5. The lowest BCUT2D eigenvalue weighted by Gasteiger charge is -2.46. The van der Waals surface area contributed by atoms with E-state index in [0.29, 0.717) is 0 Å². The van der Waals surface area contributed by atoms with Crippen LogP contribution in [0.5, 0.6) is 0 Å². The van der Waals surface area contributed by atoms with E-state index in [4.69, 9.17) is 4.42 Å². The zero-order valence-electron chi connectivity index (χ0n) is 46.2. The van der Waals surface area contributed by atoms with Crippen LogP contribution in [0.3, 0.4) is 0 Å². The molecule has 4 heterocycles. The third kappa shape index (κ3) is 5.81. The summed E-state index contributed by atoms with van der Waals surface area (Å²) in [5, 5.41) is 9.54. The van der Waals surface area contributed by atoms with Gasteiger partial charge in [0.2, 0.25) is 0 Å². The molecule has 0 fully saturated rings. The van der Waals surface area contributed by atoms with Gasteiger partial charge in [-0.05, 0) is 145 Å². The molecular formula is C80H51N3O. The number of furan rings is 1. The van der Waals surface area contributed by atoms with E-state index < -0.39 is 5.41 Å². The molecule has 4 heteroatoms. The number of aromatic nitrogens is 2. The third-order valence-electron chi connectivity index (χ3n) is 19.5. The topological polar surface area (TPSA) is 26.2 Å². The average molecular weight is 1070 g/mol. The van der Waals surface area contributed by atoms with Gasteiger partial charge < -0.3 is 18.5 Å². The molecule has 0 unspecified atom stereocenters. The number of nitrogens with zero attached hydrogens (tertiary/aromatic N) is 3. The fraction of sp³-hybridized carbons (Fsp3) is 0.0500. The highest BCUT2D eigenvalue weighted by molar-refractivity contribution is 6.20. The summed E-state index contributed by atoms with van der Waals surface area (Å²) in [6.45, 7) is 4.82. The van der Waals surface area contributed by atoms with Crippen molar-refractivity contribution < 1.29 is 4.42 Å². The van der Waals surface area contributed by atoms with Gasteiger partial charge in [0.15, 0.2) is 0 Å². The average Bonchev–Trinajstić information content (AvgIpc) is 1.62. The van der Waals surface area contributed by atoms with Crippen molar-refractivity contribution in [2.45, 2.75) is 24.7 Å². The molecule has 4 nitrogen and oxygen atoms in total. The summed E-state index contributed by atoms with van der Waals surface area (Å²) >= 11 is 0. The van der Waals surface area contributed by atoms with Gasteiger partial charge >= 0.3 is 0 Å². The Morgan fingerprint density at radius 2 is 0.929 bits per heavy atom. The maximum absolute atomic E-state index is 6.59. The van der Waals surface area contributed by atoms with Crippen molar-refractivity contribution in [1.82, 2.24) is 9.13 Å².